The van der Waals surface area contributed by atoms with Crippen LogP contribution in [0.5, 0.6) is 0 Å². The highest BCUT2D eigenvalue weighted by Crippen LogP contribution is 2.31. The standard InChI is InChI=1S/C17H31NO/c1-13(12-18(6)16(19)17(3,4)5)14(2)15-10-8-7-9-11-15/h7-8,13-15H,9-12H2,1-6H3. The molecule has 0 heterocycles. The summed E-state index contributed by atoms with van der Waals surface area (Å²) in [6, 6.07) is 0. The molecular weight excluding hydrogens is 234 g/mol. The van der Waals surface area contributed by atoms with E-state index in [0.717, 1.165) is 12.5 Å². The quantitative estimate of drug-likeness (QED) is 0.700. The van der Waals surface area contributed by atoms with Crippen molar-refractivity contribution in [3.8, 4) is 0 Å². The molecule has 110 valence electrons. The monoisotopic (exact) mass is 265 g/mol. The molecule has 0 fully saturated rings. The number of carbonyl (C=O) groups excluding carboxylic acids is 1. The van der Waals surface area contributed by atoms with Gasteiger partial charge in [0.15, 0.2) is 0 Å². The second kappa shape index (κ2) is 6.58. The highest BCUT2D eigenvalue weighted by Gasteiger charge is 2.28. The second-order valence-electron chi connectivity index (χ2n) is 7.32. The average Bonchev–Trinajstić information content (AvgIpc) is 2.36. The lowest BCUT2D eigenvalue weighted by atomic mass is 9.77. The minimum Gasteiger partial charge on any atom is -0.345 e. The van der Waals surface area contributed by atoms with E-state index in [1.54, 1.807) is 0 Å². The zero-order valence-corrected chi connectivity index (χ0v) is 13.6. The van der Waals surface area contributed by atoms with Gasteiger partial charge < -0.3 is 4.90 Å². The summed E-state index contributed by atoms with van der Waals surface area (Å²) in [5, 5.41) is 0. The fourth-order valence-corrected chi connectivity index (χ4v) is 3.01. The number of nitrogens with zero attached hydrogens (tertiary/aromatic N) is 1. The van der Waals surface area contributed by atoms with Crippen molar-refractivity contribution in [1.82, 2.24) is 4.90 Å². The van der Waals surface area contributed by atoms with E-state index in [0.29, 0.717) is 11.8 Å². The van der Waals surface area contributed by atoms with Gasteiger partial charge in [-0.2, -0.15) is 0 Å². The molecule has 3 atom stereocenters. The van der Waals surface area contributed by atoms with Crippen molar-refractivity contribution < 1.29 is 4.79 Å². The Bertz CT molecular complexity index is 327. The van der Waals surface area contributed by atoms with Crippen LogP contribution in [0.4, 0.5) is 0 Å². The summed E-state index contributed by atoms with van der Waals surface area (Å²) < 4.78 is 0. The van der Waals surface area contributed by atoms with Gasteiger partial charge in [-0.3, -0.25) is 4.79 Å². The van der Waals surface area contributed by atoms with Crippen molar-refractivity contribution in [2.45, 2.75) is 53.9 Å². The maximum absolute atomic E-state index is 12.2. The highest BCUT2D eigenvalue weighted by molar-refractivity contribution is 5.81. The largest absolute Gasteiger partial charge is 0.345 e. The Kier molecular flexibility index (Phi) is 5.64. The Labute approximate surface area is 119 Å². The first kappa shape index (κ1) is 16.3. The van der Waals surface area contributed by atoms with E-state index >= 15 is 0 Å². The number of carbonyl (C=O) groups is 1. The number of allylic oxidation sites excluding steroid dienone is 2. The van der Waals surface area contributed by atoms with E-state index in [2.05, 4.69) is 26.0 Å². The molecule has 1 rings (SSSR count). The first-order valence-electron chi connectivity index (χ1n) is 7.64. The molecule has 0 aliphatic heterocycles. The number of amides is 1. The van der Waals surface area contributed by atoms with E-state index in [4.69, 9.17) is 0 Å². The van der Waals surface area contributed by atoms with Crippen molar-refractivity contribution in [1.29, 1.82) is 0 Å². The Morgan fingerprint density at radius 2 is 1.95 bits per heavy atom. The van der Waals surface area contributed by atoms with Crippen LogP contribution in [-0.2, 0) is 4.79 Å². The van der Waals surface area contributed by atoms with E-state index in [1.165, 1.54) is 19.3 Å². The summed E-state index contributed by atoms with van der Waals surface area (Å²) in [7, 11) is 1.94. The van der Waals surface area contributed by atoms with Crippen LogP contribution in [0.3, 0.4) is 0 Å². The molecule has 0 spiro atoms. The molecule has 0 N–H and O–H groups in total. The van der Waals surface area contributed by atoms with Crippen molar-refractivity contribution in [3.05, 3.63) is 12.2 Å². The maximum atomic E-state index is 12.2. The third kappa shape index (κ3) is 4.67. The summed E-state index contributed by atoms with van der Waals surface area (Å²) >= 11 is 0. The van der Waals surface area contributed by atoms with Crippen LogP contribution in [-0.4, -0.2) is 24.4 Å². The maximum Gasteiger partial charge on any atom is 0.227 e. The minimum absolute atomic E-state index is 0.245. The summed E-state index contributed by atoms with van der Waals surface area (Å²) in [4.78, 5) is 14.1. The fourth-order valence-electron chi connectivity index (χ4n) is 3.01. The smallest absolute Gasteiger partial charge is 0.227 e. The van der Waals surface area contributed by atoms with E-state index in [-0.39, 0.29) is 11.3 Å². The molecule has 0 aromatic rings. The molecule has 1 aliphatic rings. The van der Waals surface area contributed by atoms with E-state index in [1.807, 2.05) is 32.7 Å². The molecule has 2 heteroatoms. The van der Waals surface area contributed by atoms with Gasteiger partial charge in [0, 0.05) is 19.0 Å². The molecule has 3 unspecified atom stereocenters. The third-order valence-electron chi connectivity index (χ3n) is 4.50. The summed E-state index contributed by atoms with van der Waals surface area (Å²) in [6.07, 6.45) is 8.35. The Balaban J connectivity index is 2.51. The molecule has 0 aromatic carbocycles. The lowest BCUT2D eigenvalue weighted by Gasteiger charge is -2.34. The topological polar surface area (TPSA) is 20.3 Å². The molecule has 0 radical (unpaired) electrons. The SMILES string of the molecule is CC(CN(C)C(=O)C(C)(C)C)C(C)C1CC=CCC1. The zero-order valence-electron chi connectivity index (χ0n) is 13.6. The first-order chi connectivity index (χ1) is 8.73. The molecule has 19 heavy (non-hydrogen) atoms. The van der Waals surface area contributed by atoms with Crippen LogP contribution in [0.2, 0.25) is 0 Å². The summed E-state index contributed by atoms with van der Waals surface area (Å²) in [5.74, 6) is 2.28. The fraction of sp³-hybridized carbons (Fsp3) is 0.824. The second-order valence-corrected chi connectivity index (χ2v) is 7.32. The summed E-state index contributed by atoms with van der Waals surface area (Å²) in [6.45, 7) is 11.5. The van der Waals surface area contributed by atoms with Gasteiger partial charge in [0.05, 0.1) is 0 Å². The van der Waals surface area contributed by atoms with E-state index < -0.39 is 0 Å². The molecule has 2 nitrogen and oxygen atoms in total. The Morgan fingerprint density at radius 3 is 2.42 bits per heavy atom. The van der Waals surface area contributed by atoms with Gasteiger partial charge >= 0.3 is 0 Å². The van der Waals surface area contributed by atoms with E-state index in [9.17, 15) is 4.79 Å². The first-order valence-corrected chi connectivity index (χ1v) is 7.64. The predicted octanol–water partition coefficient (Wildman–Crippen LogP) is 4.12. The van der Waals surface area contributed by atoms with Gasteiger partial charge in [0.25, 0.3) is 0 Å². The number of hydrogen-bond donors (Lipinski definition) is 0. The van der Waals surface area contributed by atoms with Gasteiger partial charge in [-0.25, -0.2) is 0 Å². The Hall–Kier alpha value is -0.790. The summed E-state index contributed by atoms with van der Waals surface area (Å²) in [5.41, 5.74) is -0.273. The lowest BCUT2D eigenvalue weighted by Crippen LogP contribution is -2.40. The minimum atomic E-state index is -0.273. The highest BCUT2D eigenvalue weighted by atomic mass is 16.2. The van der Waals surface area contributed by atoms with Crippen LogP contribution in [0.15, 0.2) is 12.2 Å². The average molecular weight is 265 g/mol. The normalized spacial score (nSPS) is 22.9. The van der Waals surface area contributed by atoms with Crippen LogP contribution in [0, 0.1) is 23.2 Å². The van der Waals surface area contributed by atoms with Crippen LogP contribution in [0.25, 0.3) is 0 Å². The predicted molar refractivity (Wildman–Crippen MR) is 81.9 cm³/mol. The van der Waals surface area contributed by atoms with Crippen LogP contribution in [0.1, 0.15) is 53.9 Å². The van der Waals surface area contributed by atoms with Crippen LogP contribution >= 0.6 is 0 Å². The van der Waals surface area contributed by atoms with Crippen molar-refractivity contribution in [2.75, 3.05) is 13.6 Å². The molecule has 0 saturated carbocycles. The van der Waals surface area contributed by atoms with Crippen molar-refractivity contribution in [2.24, 2.45) is 23.2 Å². The van der Waals surface area contributed by atoms with Gasteiger partial charge in [0.2, 0.25) is 5.91 Å². The van der Waals surface area contributed by atoms with Gasteiger partial charge in [-0.15, -0.1) is 0 Å². The van der Waals surface area contributed by atoms with Crippen LogP contribution < -0.4 is 0 Å². The molecular formula is C17H31NO. The van der Waals surface area contributed by atoms with Gasteiger partial charge in [0.1, 0.15) is 0 Å². The van der Waals surface area contributed by atoms with Crippen molar-refractivity contribution >= 4 is 5.91 Å². The molecule has 0 bridgehead atoms. The number of rotatable bonds is 4. The third-order valence-corrected chi connectivity index (χ3v) is 4.50. The number of hydrogen-bond acceptors (Lipinski definition) is 1. The lowest BCUT2D eigenvalue weighted by molar-refractivity contribution is -0.138. The molecule has 0 saturated heterocycles. The molecule has 1 aliphatic carbocycles. The molecule has 1 amide bonds. The van der Waals surface area contributed by atoms with Crippen molar-refractivity contribution in [3.63, 3.8) is 0 Å². The Morgan fingerprint density at radius 1 is 1.32 bits per heavy atom. The van der Waals surface area contributed by atoms with Gasteiger partial charge in [-0.05, 0) is 37.0 Å². The van der Waals surface area contributed by atoms with Gasteiger partial charge in [-0.1, -0.05) is 46.8 Å². The zero-order chi connectivity index (χ0) is 14.6. The molecule has 0 aromatic heterocycles.